The molecule has 1 heteroatoms. The van der Waals surface area contributed by atoms with Crippen molar-refractivity contribution in [3.8, 4) is 0 Å². The Labute approximate surface area is 83.5 Å². The number of hydrogen-bond donors (Lipinski definition) is 0. The minimum atomic E-state index is 0.391. The average Bonchev–Trinajstić information content (AvgIpc) is 2.18. The lowest BCUT2D eigenvalue weighted by Crippen LogP contribution is -2.47. The molecule has 1 fully saturated rings. The smallest absolute Gasteiger partial charge is 0.0150 e. The van der Waals surface area contributed by atoms with E-state index in [0.29, 0.717) is 5.54 Å². The summed E-state index contributed by atoms with van der Waals surface area (Å²) < 4.78 is 0. The summed E-state index contributed by atoms with van der Waals surface area (Å²) in [6.07, 6.45) is 8.42. The van der Waals surface area contributed by atoms with Gasteiger partial charge in [0, 0.05) is 11.6 Å². The van der Waals surface area contributed by atoms with Crippen molar-refractivity contribution in [1.82, 2.24) is 4.90 Å². The molecule has 0 aromatic rings. The van der Waals surface area contributed by atoms with Crippen LogP contribution >= 0.6 is 0 Å². The molecule has 0 unspecified atom stereocenters. The summed E-state index contributed by atoms with van der Waals surface area (Å²) in [4.78, 5) is 2.60. The van der Waals surface area contributed by atoms with E-state index >= 15 is 0 Å². The first-order valence-corrected chi connectivity index (χ1v) is 5.81. The van der Waals surface area contributed by atoms with E-state index in [1.165, 1.54) is 38.5 Å². The van der Waals surface area contributed by atoms with Gasteiger partial charge in [0.15, 0.2) is 0 Å². The van der Waals surface area contributed by atoms with E-state index in [0.717, 1.165) is 6.04 Å². The van der Waals surface area contributed by atoms with E-state index in [1.807, 2.05) is 0 Å². The van der Waals surface area contributed by atoms with Crippen molar-refractivity contribution < 1.29 is 0 Å². The van der Waals surface area contributed by atoms with Gasteiger partial charge in [-0.15, -0.1) is 0 Å². The fourth-order valence-electron chi connectivity index (χ4n) is 2.21. The van der Waals surface area contributed by atoms with Crippen molar-refractivity contribution in [2.45, 2.75) is 70.9 Å². The second kappa shape index (κ2) is 4.45. The molecule has 1 rings (SSSR count). The van der Waals surface area contributed by atoms with Crippen LogP contribution in [0.1, 0.15) is 59.3 Å². The third kappa shape index (κ3) is 2.70. The van der Waals surface area contributed by atoms with Crippen molar-refractivity contribution in [2.75, 3.05) is 7.05 Å². The zero-order valence-corrected chi connectivity index (χ0v) is 9.77. The highest BCUT2D eigenvalue weighted by Crippen LogP contribution is 2.28. The molecule has 0 aromatic heterocycles. The molecular weight excluding hydrogens is 158 g/mol. The van der Waals surface area contributed by atoms with Gasteiger partial charge in [0.05, 0.1) is 0 Å². The molecule has 78 valence electrons. The first-order valence-electron chi connectivity index (χ1n) is 5.81. The topological polar surface area (TPSA) is 3.24 Å². The Morgan fingerprint density at radius 3 is 2.15 bits per heavy atom. The summed E-state index contributed by atoms with van der Waals surface area (Å²) in [5.74, 6) is 0. The van der Waals surface area contributed by atoms with Crippen molar-refractivity contribution >= 4 is 0 Å². The predicted octanol–water partition coefficient (Wildman–Crippen LogP) is 3.44. The first-order chi connectivity index (χ1) is 6.08. The predicted molar refractivity (Wildman–Crippen MR) is 59.0 cm³/mol. The Bertz CT molecular complexity index is 145. The lowest BCUT2D eigenvalue weighted by atomic mass is 9.90. The lowest BCUT2D eigenvalue weighted by molar-refractivity contribution is 0.0750. The summed E-state index contributed by atoms with van der Waals surface area (Å²) in [6.45, 7) is 7.02. The van der Waals surface area contributed by atoms with E-state index in [2.05, 4.69) is 32.7 Å². The van der Waals surface area contributed by atoms with Gasteiger partial charge < -0.3 is 0 Å². The third-order valence-corrected chi connectivity index (χ3v) is 3.94. The van der Waals surface area contributed by atoms with Gasteiger partial charge in [-0.25, -0.2) is 0 Å². The van der Waals surface area contributed by atoms with Crippen molar-refractivity contribution in [3.63, 3.8) is 0 Å². The molecule has 1 aliphatic carbocycles. The van der Waals surface area contributed by atoms with Crippen LogP contribution < -0.4 is 0 Å². The molecule has 0 N–H and O–H groups in total. The minimum Gasteiger partial charge on any atom is -0.298 e. The fraction of sp³-hybridized carbons (Fsp3) is 1.00. The summed E-state index contributed by atoms with van der Waals surface area (Å²) >= 11 is 0. The summed E-state index contributed by atoms with van der Waals surface area (Å²) in [7, 11) is 2.31. The SMILES string of the molecule is CCC(C)(C)N(C)C1CCCCC1. The van der Waals surface area contributed by atoms with Gasteiger partial charge in [0.25, 0.3) is 0 Å². The molecular formula is C12H25N. The fourth-order valence-corrected chi connectivity index (χ4v) is 2.21. The number of nitrogens with zero attached hydrogens (tertiary/aromatic N) is 1. The van der Waals surface area contributed by atoms with Crippen molar-refractivity contribution in [2.24, 2.45) is 0 Å². The largest absolute Gasteiger partial charge is 0.298 e. The maximum absolute atomic E-state index is 2.60. The van der Waals surface area contributed by atoms with E-state index in [-0.39, 0.29) is 0 Å². The van der Waals surface area contributed by atoms with Crippen LogP contribution in [0, 0.1) is 0 Å². The molecule has 1 nitrogen and oxygen atoms in total. The van der Waals surface area contributed by atoms with Crippen molar-refractivity contribution in [1.29, 1.82) is 0 Å². The molecule has 0 atom stereocenters. The highest BCUT2D eigenvalue weighted by Gasteiger charge is 2.28. The molecule has 0 bridgehead atoms. The van der Waals surface area contributed by atoms with Crippen LogP contribution in [0.2, 0.25) is 0 Å². The standard InChI is InChI=1S/C12H25N/c1-5-12(2,3)13(4)11-9-7-6-8-10-11/h11H,5-10H2,1-4H3. The van der Waals surface area contributed by atoms with Crippen LogP contribution in [-0.2, 0) is 0 Å². The van der Waals surface area contributed by atoms with Crippen LogP contribution in [0.15, 0.2) is 0 Å². The molecule has 1 aliphatic rings. The first kappa shape index (κ1) is 11.0. The van der Waals surface area contributed by atoms with Gasteiger partial charge in [-0.2, -0.15) is 0 Å². The third-order valence-electron chi connectivity index (χ3n) is 3.94. The highest BCUT2D eigenvalue weighted by atomic mass is 15.2. The van der Waals surface area contributed by atoms with Gasteiger partial charge in [-0.05, 0) is 40.2 Å². The second-order valence-electron chi connectivity index (χ2n) is 5.07. The zero-order valence-electron chi connectivity index (χ0n) is 9.77. The van der Waals surface area contributed by atoms with Crippen LogP contribution in [-0.4, -0.2) is 23.5 Å². The molecule has 0 radical (unpaired) electrons. The lowest BCUT2D eigenvalue weighted by Gasteiger charge is -2.42. The molecule has 0 amide bonds. The minimum absolute atomic E-state index is 0.391. The van der Waals surface area contributed by atoms with Gasteiger partial charge in [-0.1, -0.05) is 26.2 Å². The Hall–Kier alpha value is -0.0400. The molecule has 0 saturated heterocycles. The summed E-state index contributed by atoms with van der Waals surface area (Å²) in [5.41, 5.74) is 0.391. The molecule has 13 heavy (non-hydrogen) atoms. The Morgan fingerprint density at radius 1 is 1.15 bits per heavy atom. The monoisotopic (exact) mass is 183 g/mol. The van der Waals surface area contributed by atoms with E-state index in [1.54, 1.807) is 0 Å². The van der Waals surface area contributed by atoms with Gasteiger partial charge in [-0.3, -0.25) is 4.90 Å². The Kier molecular flexibility index (Phi) is 3.78. The van der Waals surface area contributed by atoms with E-state index in [9.17, 15) is 0 Å². The highest BCUT2D eigenvalue weighted by molar-refractivity contribution is 4.84. The Balaban J connectivity index is 2.49. The quantitative estimate of drug-likeness (QED) is 0.648. The molecule has 0 aliphatic heterocycles. The van der Waals surface area contributed by atoms with Gasteiger partial charge >= 0.3 is 0 Å². The molecule has 1 saturated carbocycles. The van der Waals surface area contributed by atoms with Crippen LogP contribution in [0.25, 0.3) is 0 Å². The number of hydrogen-bond acceptors (Lipinski definition) is 1. The molecule has 0 aromatic carbocycles. The molecule has 0 spiro atoms. The van der Waals surface area contributed by atoms with Gasteiger partial charge in [0.1, 0.15) is 0 Å². The average molecular weight is 183 g/mol. The van der Waals surface area contributed by atoms with E-state index in [4.69, 9.17) is 0 Å². The van der Waals surface area contributed by atoms with Crippen LogP contribution in [0.3, 0.4) is 0 Å². The summed E-state index contributed by atoms with van der Waals surface area (Å²) in [6, 6.07) is 0.851. The number of rotatable bonds is 3. The second-order valence-corrected chi connectivity index (χ2v) is 5.07. The van der Waals surface area contributed by atoms with Crippen LogP contribution in [0.5, 0.6) is 0 Å². The zero-order chi connectivity index (χ0) is 9.90. The Morgan fingerprint density at radius 2 is 1.69 bits per heavy atom. The molecule has 0 heterocycles. The normalized spacial score (nSPS) is 21.0. The van der Waals surface area contributed by atoms with E-state index < -0.39 is 0 Å². The van der Waals surface area contributed by atoms with Gasteiger partial charge in [0.2, 0.25) is 0 Å². The maximum atomic E-state index is 2.60. The van der Waals surface area contributed by atoms with Crippen LogP contribution in [0.4, 0.5) is 0 Å². The summed E-state index contributed by atoms with van der Waals surface area (Å²) in [5, 5.41) is 0. The maximum Gasteiger partial charge on any atom is 0.0150 e. The van der Waals surface area contributed by atoms with Crippen molar-refractivity contribution in [3.05, 3.63) is 0 Å².